The first-order valence-electron chi connectivity index (χ1n) is 11.8. The Morgan fingerprint density at radius 2 is 1.97 bits per heavy atom. The summed E-state index contributed by atoms with van der Waals surface area (Å²) in [5, 5.41) is 25.9. The molecule has 2 heterocycles. The van der Waals surface area contributed by atoms with Crippen LogP contribution in [0.3, 0.4) is 0 Å². The molecule has 186 valence electrons. The van der Waals surface area contributed by atoms with Gasteiger partial charge in [0.25, 0.3) is 0 Å². The Hall–Kier alpha value is -2.33. The molecule has 1 fully saturated rings. The first-order chi connectivity index (χ1) is 16.2. The van der Waals surface area contributed by atoms with E-state index in [2.05, 4.69) is 15.6 Å². The van der Waals surface area contributed by atoms with Crippen LogP contribution in [0.1, 0.15) is 51.8 Å². The van der Waals surface area contributed by atoms with Crippen LogP contribution in [0.2, 0.25) is 0 Å². The molecular weight excluding hydrogens is 452 g/mol. The zero-order chi connectivity index (χ0) is 24.9. The monoisotopic (exact) mass is 488 g/mol. The molecule has 9 heteroatoms. The summed E-state index contributed by atoms with van der Waals surface area (Å²) < 4.78 is 0. The quantitative estimate of drug-likeness (QED) is 0.431. The number of rotatable bonds is 9. The molecule has 3 atom stereocenters. The Bertz CT molecular complexity index is 970. The standard InChI is InChI=1S/C25H36N4O4S/c1-5-10-26-22(25(2,3)4)24(33)29-13-18(31)11-20(29)23(32)27-12-16-6-8-17(9-7-16)21-19(14-30)28-15-34-21/h6-9,15,18,20,22,26,30-31H,5,10-14H2,1-4H3,(H,27,32)/t18-,20?,22?/m1/s1. The minimum Gasteiger partial charge on any atom is -0.391 e. The van der Waals surface area contributed by atoms with Crippen molar-refractivity contribution in [2.75, 3.05) is 13.1 Å². The molecule has 0 aliphatic carbocycles. The number of hydrogen-bond acceptors (Lipinski definition) is 7. The maximum absolute atomic E-state index is 13.4. The number of β-amino-alcohol motifs (C(OH)–C–C–N with tert-alkyl or cyclic N) is 1. The SMILES string of the molecule is CCCNC(C(=O)N1C[C@H](O)CC1C(=O)NCc1ccc(-c2scnc2CO)cc1)C(C)(C)C. The first-order valence-corrected chi connectivity index (χ1v) is 12.7. The molecule has 1 aliphatic heterocycles. The predicted octanol–water partition coefficient (Wildman–Crippen LogP) is 2.29. The van der Waals surface area contributed by atoms with Crippen molar-refractivity contribution in [3.05, 3.63) is 41.0 Å². The molecule has 0 spiro atoms. The number of aliphatic hydroxyl groups is 2. The summed E-state index contributed by atoms with van der Waals surface area (Å²) in [6.45, 7) is 9.12. The van der Waals surface area contributed by atoms with Crippen molar-refractivity contribution < 1.29 is 19.8 Å². The molecule has 4 N–H and O–H groups in total. The molecule has 1 saturated heterocycles. The van der Waals surface area contributed by atoms with Gasteiger partial charge >= 0.3 is 0 Å². The highest BCUT2D eigenvalue weighted by molar-refractivity contribution is 7.13. The van der Waals surface area contributed by atoms with Crippen molar-refractivity contribution in [2.45, 2.75) is 71.9 Å². The molecule has 0 radical (unpaired) electrons. The number of nitrogens with zero attached hydrogens (tertiary/aromatic N) is 2. The first kappa shape index (κ1) is 26.3. The van der Waals surface area contributed by atoms with Crippen LogP contribution in [0.15, 0.2) is 29.8 Å². The van der Waals surface area contributed by atoms with E-state index in [0.717, 1.165) is 22.4 Å². The average Bonchev–Trinajstić information content (AvgIpc) is 3.43. The van der Waals surface area contributed by atoms with Gasteiger partial charge in [-0.25, -0.2) is 4.98 Å². The van der Waals surface area contributed by atoms with Gasteiger partial charge in [0.2, 0.25) is 11.8 Å². The number of nitrogens with one attached hydrogen (secondary N) is 2. The van der Waals surface area contributed by atoms with Crippen molar-refractivity contribution in [3.63, 3.8) is 0 Å². The lowest BCUT2D eigenvalue weighted by molar-refractivity contribution is -0.142. The summed E-state index contributed by atoms with van der Waals surface area (Å²) in [4.78, 5) is 33.0. The molecule has 3 rings (SSSR count). The topological polar surface area (TPSA) is 115 Å². The fraction of sp³-hybridized carbons (Fsp3) is 0.560. The number of likely N-dealkylation sites (tertiary alicyclic amines) is 1. The zero-order valence-electron chi connectivity index (χ0n) is 20.4. The smallest absolute Gasteiger partial charge is 0.243 e. The fourth-order valence-corrected chi connectivity index (χ4v) is 5.03. The third-order valence-electron chi connectivity index (χ3n) is 6.05. The van der Waals surface area contributed by atoms with Crippen molar-refractivity contribution in [2.24, 2.45) is 5.41 Å². The van der Waals surface area contributed by atoms with E-state index in [1.165, 1.54) is 16.2 Å². The van der Waals surface area contributed by atoms with Gasteiger partial charge in [0.05, 0.1) is 34.8 Å². The summed E-state index contributed by atoms with van der Waals surface area (Å²) in [6.07, 6.45) is 0.414. The van der Waals surface area contributed by atoms with Crippen LogP contribution in [-0.2, 0) is 22.7 Å². The van der Waals surface area contributed by atoms with Crippen LogP contribution >= 0.6 is 11.3 Å². The maximum Gasteiger partial charge on any atom is 0.243 e. The van der Waals surface area contributed by atoms with Crippen molar-refractivity contribution >= 4 is 23.2 Å². The number of aromatic nitrogens is 1. The lowest BCUT2D eigenvalue weighted by Gasteiger charge is -2.35. The van der Waals surface area contributed by atoms with Gasteiger partial charge in [-0.15, -0.1) is 11.3 Å². The van der Waals surface area contributed by atoms with Crippen molar-refractivity contribution in [1.29, 1.82) is 0 Å². The molecule has 1 aromatic carbocycles. The summed E-state index contributed by atoms with van der Waals surface area (Å²) in [6, 6.07) is 6.60. The number of aliphatic hydroxyl groups excluding tert-OH is 2. The molecule has 0 saturated carbocycles. The van der Waals surface area contributed by atoms with Crippen LogP contribution in [0.25, 0.3) is 10.4 Å². The molecule has 2 unspecified atom stereocenters. The van der Waals surface area contributed by atoms with Crippen molar-refractivity contribution in [1.82, 2.24) is 20.5 Å². The van der Waals surface area contributed by atoms with Crippen LogP contribution in [0, 0.1) is 5.41 Å². The molecule has 8 nitrogen and oxygen atoms in total. The van der Waals surface area contributed by atoms with Crippen LogP contribution in [-0.4, -0.2) is 63.2 Å². The molecule has 1 aliphatic rings. The minimum atomic E-state index is -0.717. The minimum absolute atomic E-state index is 0.108. The van der Waals surface area contributed by atoms with E-state index in [1.807, 2.05) is 52.0 Å². The number of thiazole rings is 1. The Kier molecular flexibility index (Phi) is 8.81. The van der Waals surface area contributed by atoms with Gasteiger partial charge in [0.1, 0.15) is 6.04 Å². The number of amides is 2. The zero-order valence-corrected chi connectivity index (χ0v) is 21.2. The van der Waals surface area contributed by atoms with E-state index in [0.29, 0.717) is 18.8 Å². The second-order valence-corrected chi connectivity index (χ2v) is 10.7. The van der Waals surface area contributed by atoms with Gasteiger partial charge < -0.3 is 25.7 Å². The summed E-state index contributed by atoms with van der Waals surface area (Å²) in [5.41, 5.74) is 3.92. The molecule has 1 aromatic heterocycles. The van der Waals surface area contributed by atoms with E-state index in [1.54, 1.807) is 5.51 Å². The van der Waals surface area contributed by atoms with Gasteiger partial charge in [-0.05, 0) is 29.5 Å². The summed E-state index contributed by atoms with van der Waals surface area (Å²) in [7, 11) is 0. The predicted molar refractivity (Wildman–Crippen MR) is 133 cm³/mol. The molecule has 2 aromatic rings. The number of hydrogen-bond donors (Lipinski definition) is 4. The highest BCUT2D eigenvalue weighted by Gasteiger charge is 2.43. The molecule has 34 heavy (non-hydrogen) atoms. The molecule has 2 amide bonds. The second kappa shape index (κ2) is 11.4. The van der Waals surface area contributed by atoms with Crippen molar-refractivity contribution in [3.8, 4) is 10.4 Å². The number of benzene rings is 1. The Labute approximate surface area is 205 Å². The largest absolute Gasteiger partial charge is 0.391 e. The highest BCUT2D eigenvalue weighted by Crippen LogP contribution is 2.28. The van der Waals surface area contributed by atoms with Gasteiger partial charge in [-0.1, -0.05) is 52.0 Å². The van der Waals surface area contributed by atoms with Crippen LogP contribution in [0.5, 0.6) is 0 Å². The third kappa shape index (κ3) is 6.21. The fourth-order valence-electron chi connectivity index (χ4n) is 4.22. The lowest BCUT2D eigenvalue weighted by Crippen LogP contribution is -2.56. The van der Waals surface area contributed by atoms with E-state index in [9.17, 15) is 19.8 Å². The van der Waals surface area contributed by atoms with Gasteiger partial charge in [0.15, 0.2) is 0 Å². The lowest BCUT2D eigenvalue weighted by atomic mass is 9.85. The number of carbonyl (C=O) groups is 2. The molecule has 0 bridgehead atoms. The normalized spacial score (nSPS) is 19.3. The number of carbonyl (C=O) groups excluding carboxylic acids is 2. The van der Waals surface area contributed by atoms with Gasteiger partial charge in [-0.2, -0.15) is 0 Å². The summed E-state index contributed by atoms with van der Waals surface area (Å²) >= 11 is 1.47. The van der Waals surface area contributed by atoms with E-state index >= 15 is 0 Å². The highest BCUT2D eigenvalue weighted by atomic mass is 32.1. The summed E-state index contributed by atoms with van der Waals surface area (Å²) in [5.74, 6) is -0.409. The van der Waals surface area contributed by atoms with Gasteiger partial charge in [0, 0.05) is 19.5 Å². The van der Waals surface area contributed by atoms with Crippen LogP contribution < -0.4 is 10.6 Å². The van der Waals surface area contributed by atoms with E-state index < -0.39 is 18.2 Å². The second-order valence-electron chi connectivity index (χ2n) is 9.85. The van der Waals surface area contributed by atoms with Gasteiger partial charge in [-0.3, -0.25) is 9.59 Å². The van der Waals surface area contributed by atoms with E-state index in [-0.39, 0.29) is 36.8 Å². The Morgan fingerprint density at radius 3 is 2.59 bits per heavy atom. The van der Waals surface area contributed by atoms with E-state index in [4.69, 9.17) is 0 Å². The average molecular weight is 489 g/mol. The Morgan fingerprint density at radius 1 is 1.26 bits per heavy atom. The van der Waals surface area contributed by atoms with Crippen LogP contribution in [0.4, 0.5) is 0 Å². The molecular formula is C25H36N4O4S. The maximum atomic E-state index is 13.4. The Balaban J connectivity index is 1.65. The third-order valence-corrected chi connectivity index (χ3v) is 6.97.